The Balaban J connectivity index is 1.87. The molecule has 1 aromatic heterocycles. The fraction of sp³-hybridized carbons (Fsp3) is 0.471. The first kappa shape index (κ1) is 13.4. The number of hydrogen-bond donors (Lipinski definition) is 1. The number of pyridine rings is 1. The number of ether oxygens (including phenoxy) is 1. The van der Waals surface area contributed by atoms with E-state index in [1.54, 1.807) is 0 Å². The van der Waals surface area contributed by atoms with Gasteiger partial charge >= 0.3 is 0 Å². The van der Waals surface area contributed by atoms with Crippen molar-refractivity contribution in [1.29, 1.82) is 0 Å². The molecule has 0 spiro atoms. The van der Waals surface area contributed by atoms with Gasteiger partial charge in [0.1, 0.15) is 6.10 Å². The van der Waals surface area contributed by atoms with Crippen molar-refractivity contribution >= 4 is 10.9 Å². The number of aromatic nitrogens is 1. The maximum absolute atomic E-state index is 6.21. The van der Waals surface area contributed by atoms with Crippen molar-refractivity contribution in [2.24, 2.45) is 11.7 Å². The Hall–Kier alpha value is -1.61. The van der Waals surface area contributed by atoms with E-state index in [9.17, 15) is 0 Å². The molecular formula is C17H22N2O. The molecule has 0 saturated heterocycles. The summed E-state index contributed by atoms with van der Waals surface area (Å²) < 4.78 is 6.21. The first-order chi connectivity index (χ1) is 9.78. The van der Waals surface area contributed by atoms with E-state index < -0.39 is 0 Å². The van der Waals surface area contributed by atoms with Crippen LogP contribution in [0, 0.1) is 12.8 Å². The minimum absolute atomic E-state index is 0.223. The summed E-state index contributed by atoms with van der Waals surface area (Å²) in [7, 11) is 0. The molecule has 2 aromatic rings. The molecule has 1 aliphatic rings. The molecule has 1 saturated carbocycles. The van der Waals surface area contributed by atoms with E-state index in [2.05, 4.69) is 24.0 Å². The lowest BCUT2D eigenvalue weighted by Crippen LogP contribution is -2.35. The van der Waals surface area contributed by atoms with Gasteiger partial charge in [0, 0.05) is 16.9 Å². The van der Waals surface area contributed by atoms with Gasteiger partial charge in [0.15, 0.2) is 0 Å². The minimum atomic E-state index is 0.223. The number of nitrogens with zero attached hydrogens (tertiary/aromatic N) is 1. The molecular weight excluding hydrogens is 248 g/mol. The third-order valence-corrected chi connectivity index (χ3v) is 4.27. The van der Waals surface area contributed by atoms with Gasteiger partial charge in [0.2, 0.25) is 5.88 Å². The fourth-order valence-electron chi connectivity index (χ4n) is 3.07. The monoisotopic (exact) mass is 270 g/mol. The van der Waals surface area contributed by atoms with Crippen LogP contribution in [0.25, 0.3) is 10.9 Å². The zero-order valence-corrected chi connectivity index (χ0v) is 12.0. The summed E-state index contributed by atoms with van der Waals surface area (Å²) in [5.41, 5.74) is 7.97. The van der Waals surface area contributed by atoms with Gasteiger partial charge in [-0.1, -0.05) is 24.6 Å². The van der Waals surface area contributed by atoms with Crippen LogP contribution in [0.1, 0.15) is 31.2 Å². The highest BCUT2D eigenvalue weighted by atomic mass is 16.5. The van der Waals surface area contributed by atoms with Crippen molar-refractivity contribution in [1.82, 2.24) is 4.98 Å². The van der Waals surface area contributed by atoms with Crippen LogP contribution in [-0.4, -0.2) is 17.6 Å². The van der Waals surface area contributed by atoms with Gasteiger partial charge < -0.3 is 10.5 Å². The average molecular weight is 270 g/mol. The molecule has 20 heavy (non-hydrogen) atoms. The average Bonchev–Trinajstić information content (AvgIpc) is 2.48. The van der Waals surface area contributed by atoms with E-state index >= 15 is 0 Å². The summed E-state index contributed by atoms with van der Waals surface area (Å²) in [5, 5.41) is 1.16. The second kappa shape index (κ2) is 5.80. The van der Waals surface area contributed by atoms with Crippen LogP contribution in [0.4, 0.5) is 0 Å². The van der Waals surface area contributed by atoms with Gasteiger partial charge in [-0.15, -0.1) is 0 Å². The van der Waals surface area contributed by atoms with Crippen molar-refractivity contribution in [2.45, 2.75) is 38.7 Å². The number of para-hydroxylation sites is 1. The highest BCUT2D eigenvalue weighted by molar-refractivity contribution is 5.79. The Kier molecular flexibility index (Phi) is 3.88. The molecule has 1 aliphatic carbocycles. The SMILES string of the molecule is Cc1cc2ccccc2nc1OC1CCCCC1CN. The van der Waals surface area contributed by atoms with Crippen LogP contribution in [0.2, 0.25) is 0 Å². The van der Waals surface area contributed by atoms with E-state index in [-0.39, 0.29) is 6.10 Å². The van der Waals surface area contributed by atoms with E-state index in [1.165, 1.54) is 19.3 Å². The van der Waals surface area contributed by atoms with E-state index in [1.807, 2.05) is 18.2 Å². The lowest BCUT2D eigenvalue weighted by molar-refractivity contribution is 0.0919. The van der Waals surface area contributed by atoms with Crippen LogP contribution in [0.3, 0.4) is 0 Å². The number of rotatable bonds is 3. The smallest absolute Gasteiger partial charge is 0.217 e. The van der Waals surface area contributed by atoms with Gasteiger partial charge in [-0.2, -0.15) is 0 Å². The Morgan fingerprint density at radius 1 is 1.25 bits per heavy atom. The van der Waals surface area contributed by atoms with Crippen LogP contribution < -0.4 is 10.5 Å². The zero-order valence-electron chi connectivity index (χ0n) is 12.0. The summed E-state index contributed by atoms with van der Waals surface area (Å²) in [6.45, 7) is 2.77. The molecule has 3 nitrogen and oxygen atoms in total. The van der Waals surface area contributed by atoms with Gasteiger partial charge in [-0.3, -0.25) is 0 Å². The lowest BCUT2D eigenvalue weighted by atomic mass is 9.86. The maximum Gasteiger partial charge on any atom is 0.217 e. The Bertz CT molecular complexity index is 597. The van der Waals surface area contributed by atoms with Crippen molar-refractivity contribution in [2.75, 3.05) is 6.54 Å². The Morgan fingerprint density at radius 3 is 2.90 bits per heavy atom. The minimum Gasteiger partial charge on any atom is -0.474 e. The van der Waals surface area contributed by atoms with Crippen LogP contribution in [-0.2, 0) is 0 Å². The largest absolute Gasteiger partial charge is 0.474 e. The fourth-order valence-corrected chi connectivity index (χ4v) is 3.07. The summed E-state index contributed by atoms with van der Waals surface area (Å²) in [6, 6.07) is 10.3. The molecule has 0 radical (unpaired) electrons. The molecule has 3 rings (SSSR count). The Labute approximate surface area is 120 Å². The van der Waals surface area contributed by atoms with Crippen molar-refractivity contribution in [3.63, 3.8) is 0 Å². The van der Waals surface area contributed by atoms with Gasteiger partial charge in [-0.05, 0) is 44.9 Å². The molecule has 2 N–H and O–H groups in total. The second-order valence-electron chi connectivity index (χ2n) is 5.74. The topological polar surface area (TPSA) is 48.1 Å². The number of hydrogen-bond acceptors (Lipinski definition) is 3. The zero-order chi connectivity index (χ0) is 13.9. The second-order valence-corrected chi connectivity index (χ2v) is 5.74. The molecule has 1 aromatic carbocycles. The molecule has 1 fully saturated rings. The standard InChI is InChI=1S/C17H22N2O/c1-12-10-13-6-2-4-8-15(13)19-17(12)20-16-9-5-3-7-14(16)11-18/h2,4,6,8,10,14,16H,3,5,7,9,11,18H2,1H3. The maximum atomic E-state index is 6.21. The predicted molar refractivity (Wildman–Crippen MR) is 81.9 cm³/mol. The highest BCUT2D eigenvalue weighted by Gasteiger charge is 2.26. The molecule has 106 valence electrons. The molecule has 3 heteroatoms. The van der Waals surface area contributed by atoms with Crippen LogP contribution >= 0.6 is 0 Å². The summed E-state index contributed by atoms with van der Waals surface area (Å²) >= 11 is 0. The van der Waals surface area contributed by atoms with E-state index in [4.69, 9.17) is 10.5 Å². The molecule has 0 bridgehead atoms. The first-order valence-electron chi connectivity index (χ1n) is 7.51. The van der Waals surface area contributed by atoms with Gasteiger partial charge in [-0.25, -0.2) is 4.98 Å². The van der Waals surface area contributed by atoms with Crippen LogP contribution in [0.5, 0.6) is 5.88 Å². The lowest BCUT2D eigenvalue weighted by Gasteiger charge is -2.31. The third-order valence-electron chi connectivity index (χ3n) is 4.27. The number of nitrogens with two attached hydrogens (primary N) is 1. The molecule has 1 heterocycles. The van der Waals surface area contributed by atoms with E-state index in [0.29, 0.717) is 12.5 Å². The molecule has 2 unspecified atom stereocenters. The van der Waals surface area contributed by atoms with Gasteiger partial charge in [0.25, 0.3) is 0 Å². The Morgan fingerprint density at radius 2 is 2.05 bits per heavy atom. The van der Waals surface area contributed by atoms with Crippen LogP contribution in [0.15, 0.2) is 30.3 Å². The van der Waals surface area contributed by atoms with Crippen molar-refractivity contribution < 1.29 is 4.74 Å². The summed E-state index contributed by atoms with van der Waals surface area (Å²) in [6.07, 6.45) is 4.99. The predicted octanol–water partition coefficient (Wildman–Crippen LogP) is 3.44. The first-order valence-corrected chi connectivity index (χ1v) is 7.51. The molecule has 2 atom stereocenters. The number of fused-ring (bicyclic) bond motifs is 1. The van der Waals surface area contributed by atoms with Gasteiger partial charge in [0.05, 0.1) is 5.52 Å². The molecule has 0 aliphatic heterocycles. The third kappa shape index (κ3) is 2.63. The number of benzene rings is 1. The van der Waals surface area contributed by atoms with Crippen molar-refractivity contribution in [3.05, 3.63) is 35.9 Å². The quantitative estimate of drug-likeness (QED) is 0.929. The number of aryl methyl sites for hydroxylation is 1. The van der Waals surface area contributed by atoms with Crippen molar-refractivity contribution in [3.8, 4) is 5.88 Å². The highest BCUT2D eigenvalue weighted by Crippen LogP contribution is 2.29. The van der Waals surface area contributed by atoms with E-state index in [0.717, 1.165) is 28.8 Å². The molecule has 0 amide bonds. The summed E-state index contributed by atoms with van der Waals surface area (Å²) in [4.78, 5) is 4.67. The normalized spacial score (nSPS) is 22.9. The summed E-state index contributed by atoms with van der Waals surface area (Å²) in [5.74, 6) is 1.24.